The molecule has 2 unspecified atom stereocenters. The van der Waals surface area contributed by atoms with Gasteiger partial charge in [-0.3, -0.25) is 4.68 Å². The van der Waals surface area contributed by atoms with Gasteiger partial charge in [0, 0.05) is 38.6 Å². The van der Waals surface area contributed by atoms with Crippen molar-refractivity contribution in [2.24, 2.45) is 0 Å². The van der Waals surface area contributed by atoms with Crippen LogP contribution in [0.1, 0.15) is 25.8 Å². The molecule has 0 fully saturated rings. The smallest absolute Gasteiger partial charge is 0.0536 e. The summed E-state index contributed by atoms with van der Waals surface area (Å²) in [6.07, 6.45) is 3.25. The molecular formula is C15H18IrN3O2-. The molecule has 21 heavy (non-hydrogen) atoms. The second-order valence-corrected chi connectivity index (χ2v) is 4.46. The van der Waals surface area contributed by atoms with Crippen molar-refractivity contribution in [3.63, 3.8) is 0 Å². The molecule has 0 spiro atoms. The van der Waals surface area contributed by atoms with Gasteiger partial charge in [-0.05, 0) is 32.0 Å². The van der Waals surface area contributed by atoms with E-state index in [4.69, 9.17) is 15.5 Å². The van der Waals surface area contributed by atoms with Gasteiger partial charge < -0.3 is 10.2 Å². The Kier molecular flexibility index (Phi) is 9.51. The third kappa shape index (κ3) is 7.74. The van der Waals surface area contributed by atoms with Gasteiger partial charge in [0.25, 0.3) is 0 Å². The molecule has 0 aliphatic carbocycles. The van der Waals surface area contributed by atoms with Crippen molar-refractivity contribution < 1.29 is 30.3 Å². The fourth-order valence-electron chi connectivity index (χ4n) is 1.53. The normalized spacial score (nSPS) is 12.1. The van der Waals surface area contributed by atoms with Gasteiger partial charge in [-0.1, -0.05) is 5.56 Å². The Labute approximate surface area is 138 Å². The van der Waals surface area contributed by atoms with E-state index in [-0.39, 0.29) is 32.3 Å². The fraction of sp³-hybridized carbons (Fsp3) is 0.333. The first-order valence-corrected chi connectivity index (χ1v) is 6.31. The van der Waals surface area contributed by atoms with Gasteiger partial charge in [-0.15, -0.1) is 6.07 Å². The third-order valence-electron chi connectivity index (χ3n) is 2.36. The van der Waals surface area contributed by atoms with E-state index in [1.165, 1.54) is 0 Å². The summed E-state index contributed by atoms with van der Waals surface area (Å²) in [4.78, 5) is 0. The van der Waals surface area contributed by atoms with E-state index in [0.29, 0.717) is 12.0 Å². The minimum Gasteiger partial charge on any atom is -0.393 e. The molecule has 5 nitrogen and oxygen atoms in total. The second kappa shape index (κ2) is 10.3. The summed E-state index contributed by atoms with van der Waals surface area (Å²) in [5.41, 5.74) is 1.44. The van der Waals surface area contributed by atoms with E-state index in [2.05, 4.69) is 11.2 Å². The number of aliphatic hydroxyl groups excluding tert-OH is 2. The number of hydrogen-bond acceptors (Lipinski definition) is 4. The number of nitriles is 1. The van der Waals surface area contributed by atoms with Crippen LogP contribution in [-0.4, -0.2) is 32.2 Å². The van der Waals surface area contributed by atoms with Crippen LogP contribution in [0.15, 0.2) is 36.7 Å². The van der Waals surface area contributed by atoms with Gasteiger partial charge in [-0.2, -0.15) is 23.3 Å². The second-order valence-electron chi connectivity index (χ2n) is 4.46. The Hall–Kier alpha value is -1.51. The summed E-state index contributed by atoms with van der Waals surface area (Å²) in [5, 5.41) is 29.7. The van der Waals surface area contributed by atoms with E-state index in [9.17, 15) is 0 Å². The number of hydrogen-bond donors (Lipinski definition) is 2. The van der Waals surface area contributed by atoms with Gasteiger partial charge in [0.2, 0.25) is 0 Å². The topological polar surface area (TPSA) is 82.1 Å². The van der Waals surface area contributed by atoms with Gasteiger partial charge >= 0.3 is 0 Å². The first-order valence-electron chi connectivity index (χ1n) is 6.31. The number of rotatable bonds is 3. The van der Waals surface area contributed by atoms with Crippen molar-refractivity contribution in [1.29, 1.82) is 5.26 Å². The molecule has 0 bridgehead atoms. The monoisotopic (exact) mass is 465 g/mol. The first kappa shape index (κ1) is 19.5. The van der Waals surface area contributed by atoms with Crippen LogP contribution in [0.4, 0.5) is 0 Å². The van der Waals surface area contributed by atoms with Crippen molar-refractivity contribution in [3.8, 4) is 11.8 Å². The van der Waals surface area contributed by atoms with E-state index < -0.39 is 0 Å². The minimum absolute atomic E-state index is 0. The molecule has 2 N–H and O–H groups in total. The Morgan fingerprint density at radius 2 is 2.00 bits per heavy atom. The molecule has 115 valence electrons. The first-order chi connectivity index (χ1) is 9.52. The van der Waals surface area contributed by atoms with E-state index in [0.717, 1.165) is 5.69 Å². The Bertz CT molecular complexity index is 525. The van der Waals surface area contributed by atoms with Crippen molar-refractivity contribution >= 4 is 0 Å². The molecule has 0 amide bonds. The van der Waals surface area contributed by atoms with Crippen molar-refractivity contribution in [3.05, 3.63) is 48.3 Å². The van der Waals surface area contributed by atoms with Crippen LogP contribution in [0.5, 0.6) is 0 Å². The van der Waals surface area contributed by atoms with E-state index in [1.54, 1.807) is 36.9 Å². The average molecular weight is 465 g/mol. The molecule has 6 heteroatoms. The van der Waals surface area contributed by atoms with Gasteiger partial charge in [0.05, 0.1) is 12.2 Å². The van der Waals surface area contributed by atoms with Crippen LogP contribution in [-0.2, 0) is 20.1 Å². The summed E-state index contributed by atoms with van der Waals surface area (Å²) >= 11 is 0. The maximum atomic E-state index is 8.57. The average Bonchev–Trinajstić information content (AvgIpc) is 2.92. The van der Waals surface area contributed by atoms with E-state index in [1.807, 2.05) is 24.4 Å². The fourth-order valence-corrected chi connectivity index (χ4v) is 1.53. The van der Waals surface area contributed by atoms with Crippen molar-refractivity contribution in [1.82, 2.24) is 9.78 Å². The molecule has 2 aromatic rings. The molecule has 0 aliphatic rings. The van der Waals surface area contributed by atoms with Crippen LogP contribution >= 0.6 is 0 Å². The number of aliphatic hydroxyl groups is 2. The SMILES string of the molecule is CC(O)CC(C)O.N#Cc1c[c-]c(-n2cccn2)cc1.[Ir]. The Balaban J connectivity index is 0.000000436. The molecule has 1 heterocycles. The predicted octanol–water partition coefficient (Wildman–Crippen LogP) is 1.68. The zero-order chi connectivity index (χ0) is 15.0. The predicted molar refractivity (Wildman–Crippen MR) is 75.1 cm³/mol. The Morgan fingerprint density at radius 3 is 2.33 bits per heavy atom. The number of nitrogens with zero attached hydrogens (tertiary/aromatic N) is 3. The Morgan fingerprint density at radius 1 is 1.33 bits per heavy atom. The molecule has 1 aromatic heterocycles. The maximum absolute atomic E-state index is 8.57. The molecule has 0 saturated carbocycles. The minimum atomic E-state index is -0.375. The zero-order valence-electron chi connectivity index (χ0n) is 11.9. The summed E-state index contributed by atoms with van der Waals surface area (Å²) in [5.74, 6) is 0. The van der Waals surface area contributed by atoms with Gasteiger partial charge in [0.1, 0.15) is 0 Å². The number of benzene rings is 1. The van der Waals surface area contributed by atoms with Crippen LogP contribution in [0.25, 0.3) is 5.69 Å². The molecule has 1 radical (unpaired) electrons. The largest absolute Gasteiger partial charge is 0.393 e. The summed E-state index contributed by atoms with van der Waals surface area (Å²) in [6, 6.07) is 12.1. The molecule has 2 atom stereocenters. The van der Waals surface area contributed by atoms with Gasteiger partial charge in [-0.25, -0.2) is 5.26 Å². The quantitative estimate of drug-likeness (QED) is 0.678. The molecule has 0 aliphatic heterocycles. The van der Waals surface area contributed by atoms with Crippen LogP contribution < -0.4 is 0 Å². The summed E-state index contributed by atoms with van der Waals surface area (Å²) in [7, 11) is 0. The standard InChI is InChI=1S/C10H6N3.C5H12O2.Ir/c11-8-9-2-4-10(5-3-9)13-7-1-6-12-13;1-4(6)3-5(2)7;/h1-4,6-7H;4-7H,3H2,1-2H3;/q-1;;. The molecule has 0 saturated heterocycles. The van der Waals surface area contributed by atoms with Gasteiger partial charge in [0.15, 0.2) is 0 Å². The van der Waals surface area contributed by atoms with Crippen molar-refractivity contribution in [2.75, 3.05) is 0 Å². The number of aromatic nitrogens is 2. The van der Waals surface area contributed by atoms with E-state index >= 15 is 0 Å². The third-order valence-corrected chi connectivity index (χ3v) is 2.36. The zero-order valence-corrected chi connectivity index (χ0v) is 14.3. The van der Waals surface area contributed by atoms with Crippen LogP contribution in [0.2, 0.25) is 0 Å². The maximum Gasteiger partial charge on any atom is 0.0536 e. The molecular weight excluding hydrogens is 446 g/mol. The molecule has 1 aromatic carbocycles. The summed E-state index contributed by atoms with van der Waals surface area (Å²) < 4.78 is 1.70. The van der Waals surface area contributed by atoms with Crippen LogP contribution in [0.3, 0.4) is 0 Å². The summed E-state index contributed by atoms with van der Waals surface area (Å²) in [6.45, 7) is 3.32. The molecule has 2 rings (SSSR count). The van der Waals surface area contributed by atoms with Crippen molar-refractivity contribution in [2.45, 2.75) is 32.5 Å². The van der Waals surface area contributed by atoms with Crippen LogP contribution in [0, 0.1) is 17.4 Å².